The van der Waals surface area contributed by atoms with Crippen LogP contribution >= 0.6 is 0 Å². The van der Waals surface area contributed by atoms with Gasteiger partial charge < -0.3 is 4.90 Å². The van der Waals surface area contributed by atoms with E-state index in [0.717, 1.165) is 34.1 Å². The summed E-state index contributed by atoms with van der Waals surface area (Å²) >= 11 is 0. The van der Waals surface area contributed by atoms with Crippen LogP contribution in [-0.2, 0) is 0 Å². The second-order valence-electron chi connectivity index (χ2n) is 6.92. The highest BCUT2D eigenvalue weighted by Gasteiger charge is 2.13. The van der Waals surface area contributed by atoms with Crippen molar-refractivity contribution in [2.24, 2.45) is 0 Å². The van der Waals surface area contributed by atoms with Gasteiger partial charge in [-0.1, -0.05) is 42.5 Å². The van der Waals surface area contributed by atoms with Crippen molar-refractivity contribution in [3.8, 4) is 0 Å². The molecule has 0 aliphatic heterocycles. The zero-order chi connectivity index (χ0) is 18.8. The molecular weight excluding hydrogens is 330 g/mol. The van der Waals surface area contributed by atoms with Gasteiger partial charge in [0.05, 0.1) is 0 Å². The molecule has 0 spiro atoms. The van der Waals surface area contributed by atoms with Gasteiger partial charge in [-0.2, -0.15) is 0 Å². The van der Waals surface area contributed by atoms with Crippen LogP contribution < -0.4 is 4.90 Å². The fourth-order valence-corrected chi connectivity index (χ4v) is 3.45. The third kappa shape index (κ3) is 3.47. The Labute approximate surface area is 159 Å². The van der Waals surface area contributed by atoms with Crippen LogP contribution in [0, 0.1) is 13.8 Å². The molecule has 0 atom stereocenters. The van der Waals surface area contributed by atoms with Crippen molar-refractivity contribution in [3.63, 3.8) is 0 Å². The summed E-state index contributed by atoms with van der Waals surface area (Å²) < 4.78 is 0. The molecule has 0 N–H and O–H groups in total. The molecule has 0 fully saturated rings. The molecule has 0 aliphatic rings. The number of nitrogens with zero attached hydrogens (tertiary/aromatic N) is 1. The number of hydrogen-bond donors (Lipinski definition) is 0. The number of carbonyl (C=O) groups is 1. The Kier molecular flexibility index (Phi) is 4.47. The van der Waals surface area contributed by atoms with E-state index in [1.54, 1.807) is 0 Å². The lowest BCUT2D eigenvalue weighted by atomic mass is 10.1. The Balaban J connectivity index is 1.90. The molecule has 4 rings (SSSR count). The van der Waals surface area contributed by atoms with E-state index >= 15 is 0 Å². The summed E-state index contributed by atoms with van der Waals surface area (Å²) in [4.78, 5) is 13.3. The molecule has 0 saturated heterocycles. The van der Waals surface area contributed by atoms with Crippen LogP contribution in [0.1, 0.15) is 21.5 Å². The number of fused-ring (bicyclic) bond motifs is 1. The van der Waals surface area contributed by atoms with E-state index in [1.165, 1.54) is 11.1 Å². The van der Waals surface area contributed by atoms with Crippen molar-refractivity contribution in [2.45, 2.75) is 13.8 Å². The Morgan fingerprint density at radius 1 is 0.630 bits per heavy atom. The van der Waals surface area contributed by atoms with E-state index in [0.29, 0.717) is 5.56 Å². The first-order chi connectivity index (χ1) is 13.1. The SMILES string of the molecule is Cc1cccc(N(c2cccc(C)c2)c2ccc3cc(C=O)ccc3c2)c1. The summed E-state index contributed by atoms with van der Waals surface area (Å²) in [5.41, 5.74) is 6.50. The molecule has 0 saturated carbocycles. The summed E-state index contributed by atoms with van der Waals surface area (Å²) in [6.45, 7) is 4.22. The van der Waals surface area contributed by atoms with Gasteiger partial charge in [0, 0.05) is 22.6 Å². The number of anilines is 3. The molecular formula is C25H21NO. The molecule has 0 bridgehead atoms. The first kappa shape index (κ1) is 17.0. The maximum Gasteiger partial charge on any atom is 0.150 e. The third-order valence-electron chi connectivity index (χ3n) is 4.76. The van der Waals surface area contributed by atoms with Gasteiger partial charge >= 0.3 is 0 Å². The van der Waals surface area contributed by atoms with Crippen molar-refractivity contribution in [1.82, 2.24) is 0 Å². The summed E-state index contributed by atoms with van der Waals surface area (Å²) in [6, 6.07) is 29.2. The smallest absolute Gasteiger partial charge is 0.150 e. The molecule has 2 heteroatoms. The van der Waals surface area contributed by atoms with Gasteiger partial charge in [-0.25, -0.2) is 0 Å². The lowest BCUT2D eigenvalue weighted by Gasteiger charge is -2.26. The fourth-order valence-electron chi connectivity index (χ4n) is 3.45. The average molecular weight is 351 g/mol. The molecule has 0 aliphatic carbocycles. The minimum absolute atomic E-state index is 0.699. The predicted molar refractivity (Wildman–Crippen MR) is 113 cm³/mol. The van der Waals surface area contributed by atoms with Gasteiger partial charge in [-0.3, -0.25) is 4.79 Å². The minimum Gasteiger partial charge on any atom is -0.310 e. The number of rotatable bonds is 4. The average Bonchev–Trinajstić information content (AvgIpc) is 2.68. The second kappa shape index (κ2) is 7.08. The number of hydrogen-bond acceptors (Lipinski definition) is 2. The standard InChI is InChI=1S/C25H21NO/c1-18-5-3-7-23(13-18)26(24-8-4-6-19(2)14-24)25-12-11-21-15-20(17-27)9-10-22(21)16-25/h3-17H,1-2H3. The van der Waals surface area contributed by atoms with Crippen LogP contribution in [0.25, 0.3) is 10.8 Å². The molecule has 132 valence electrons. The van der Waals surface area contributed by atoms with Crippen LogP contribution in [0.3, 0.4) is 0 Å². The Morgan fingerprint density at radius 2 is 1.19 bits per heavy atom. The fraction of sp³-hybridized carbons (Fsp3) is 0.0800. The molecule has 4 aromatic carbocycles. The van der Waals surface area contributed by atoms with Crippen LogP contribution in [-0.4, -0.2) is 6.29 Å². The second-order valence-corrected chi connectivity index (χ2v) is 6.92. The lowest BCUT2D eigenvalue weighted by Crippen LogP contribution is -2.10. The van der Waals surface area contributed by atoms with Crippen LogP contribution in [0.5, 0.6) is 0 Å². The molecule has 0 heterocycles. The van der Waals surface area contributed by atoms with E-state index in [1.807, 2.05) is 18.2 Å². The maximum absolute atomic E-state index is 11.1. The summed E-state index contributed by atoms with van der Waals surface area (Å²) in [5.74, 6) is 0. The van der Waals surface area contributed by atoms with Crippen molar-refractivity contribution in [3.05, 3.63) is 102 Å². The highest BCUT2D eigenvalue weighted by Crippen LogP contribution is 2.36. The van der Waals surface area contributed by atoms with Crippen LogP contribution in [0.2, 0.25) is 0 Å². The number of aldehydes is 1. The van der Waals surface area contributed by atoms with Gasteiger partial charge in [0.2, 0.25) is 0 Å². The zero-order valence-corrected chi connectivity index (χ0v) is 15.5. The third-order valence-corrected chi connectivity index (χ3v) is 4.76. The highest BCUT2D eigenvalue weighted by molar-refractivity contribution is 5.92. The van der Waals surface area contributed by atoms with Gasteiger partial charge in [0.1, 0.15) is 6.29 Å². The van der Waals surface area contributed by atoms with Crippen molar-refractivity contribution >= 4 is 34.1 Å². The zero-order valence-electron chi connectivity index (χ0n) is 15.5. The predicted octanol–water partition coefficient (Wildman–Crippen LogP) is 6.74. The van der Waals surface area contributed by atoms with E-state index in [-0.39, 0.29) is 0 Å². The molecule has 0 amide bonds. The molecule has 0 unspecified atom stereocenters. The van der Waals surface area contributed by atoms with E-state index in [2.05, 4.69) is 85.5 Å². The van der Waals surface area contributed by atoms with Gasteiger partial charge in [0.25, 0.3) is 0 Å². The van der Waals surface area contributed by atoms with Gasteiger partial charge in [0.15, 0.2) is 0 Å². The molecule has 0 radical (unpaired) electrons. The Bertz CT molecular complexity index is 1080. The monoisotopic (exact) mass is 351 g/mol. The van der Waals surface area contributed by atoms with Crippen molar-refractivity contribution in [2.75, 3.05) is 4.90 Å². The number of aryl methyl sites for hydroxylation is 2. The van der Waals surface area contributed by atoms with Gasteiger partial charge in [-0.05, 0) is 78.2 Å². The Morgan fingerprint density at radius 3 is 1.78 bits per heavy atom. The molecule has 4 aromatic rings. The van der Waals surface area contributed by atoms with Crippen molar-refractivity contribution in [1.29, 1.82) is 0 Å². The number of benzene rings is 4. The maximum atomic E-state index is 11.1. The molecule has 0 aromatic heterocycles. The molecule has 2 nitrogen and oxygen atoms in total. The quantitative estimate of drug-likeness (QED) is 0.379. The van der Waals surface area contributed by atoms with E-state index in [4.69, 9.17) is 0 Å². The summed E-state index contributed by atoms with van der Waals surface area (Å²) in [5, 5.41) is 2.18. The normalized spacial score (nSPS) is 10.7. The lowest BCUT2D eigenvalue weighted by molar-refractivity contribution is 0.112. The largest absolute Gasteiger partial charge is 0.310 e. The van der Waals surface area contributed by atoms with Crippen LogP contribution in [0.15, 0.2) is 84.9 Å². The summed E-state index contributed by atoms with van der Waals surface area (Å²) in [7, 11) is 0. The van der Waals surface area contributed by atoms with Gasteiger partial charge in [-0.15, -0.1) is 0 Å². The van der Waals surface area contributed by atoms with E-state index in [9.17, 15) is 4.79 Å². The van der Waals surface area contributed by atoms with Crippen molar-refractivity contribution < 1.29 is 4.79 Å². The van der Waals surface area contributed by atoms with Crippen LogP contribution in [0.4, 0.5) is 17.1 Å². The van der Waals surface area contributed by atoms with E-state index < -0.39 is 0 Å². The first-order valence-corrected chi connectivity index (χ1v) is 9.06. The Hall–Kier alpha value is -3.39. The number of carbonyl (C=O) groups excluding carboxylic acids is 1. The minimum atomic E-state index is 0.699. The highest BCUT2D eigenvalue weighted by atomic mass is 16.1. The molecule has 27 heavy (non-hydrogen) atoms. The first-order valence-electron chi connectivity index (χ1n) is 9.06. The summed E-state index contributed by atoms with van der Waals surface area (Å²) in [6.07, 6.45) is 0.888. The topological polar surface area (TPSA) is 20.3 Å².